The van der Waals surface area contributed by atoms with Gasteiger partial charge in [-0.3, -0.25) is 0 Å². The zero-order valence-electron chi connectivity index (χ0n) is 14.7. The van der Waals surface area contributed by atoms with Gasteiger partial charge in [-0.2, -0.15) is 0 Å². The van der Waals surface area contributed by atoms with Crippen molar-refractivity contribution in [1.29, 1.82) is 0 Å². The van der Waals surface area contributed by atoms with Crippen LogP contribution in [0.1, 0.15) is 56.8 Å². The summed E-state index contributed by atoms with van der Waals surface area (Å²) in [5.74, 6) is 0. The van der Waals surface area contributed by atoms with E-state index in [1.807, 2.05) is 31.9 Å². The number of hydrogen-bond acceptors (Lipinski definition) is 5. The van der Waals surface area contributed by atoms with Crippen molar-refractivity contribution >= 4 is 17.4 Å². The number of thiazole rings is 1. The molecule has 23 heavy (non-hydrogen) atoms. The van der Waals surface area contributed by atoms with Gasteiger partial charge in [0.2, 0.25) is 0 Å². The molecule has 1 fully saturated rings. The van der Waals surface area contributed by atoms with Gasteiger partial charge in [0.25, 0.3) is 0 Å². The van der Waals surface area contributed by atoms with Crippen molar-refractivity contribution in [2.45, 2.75) is 71.6 Å². The highest BCUT2D eigenvalue weighted by Crippen LogP contribution is 2.28. The summed E-state index contributed by atoms with van der Waals surface area (Å²) >= 11 is 1.77. The zero-order valence-corrected chi connectivity index (χ0v) is 15.5. The quantitative estimate of drug-likeness (QED) is 0.736. The van der Waals surface area contributed by atoms with Gasteiger partial charge in [-0.1, -0.05) is 6.92 Å². The molecule has 6 heteroatoms. The summed E-state index contributed by atoms with van der Waals surface area (Å²) in [4.78, 5) is 19.8. The van der Waals surface area contributed by atoms with E-state index in [1.54, 1.807) is 11.3 Å². The number of rotatable bonds is 8. The number of nitrogens with one attached hydrogen (secondary N) is 1. The third-order valence-corrected chi connectivity index (χ3v) is 4.71. The van der Waals surface area contributed by atoms with Crippen LogP contribution in [0.3, 0.4) is 0 Å². The van der Waals surface area contributed by atoms with Crippen LogP contribution in [0.25, 0.3) is 0 Å². The lowest BCUT2D eigenvalue weighted by atomic mass is 10.2. The molecule has 5 nitrogen and oxygen atoms in total. The molecule has 1 aliphatic rings. The monoisotopic (exact) mass is 339 g/mol. The van der Waals surface area contributed by atoms with E-state index in [4.69, 9.17) is 4.74 Å². The van der Waals surface area contributed by atoms with E-state index >= 15 is 0 Å². The van der Waals surface area contributed by atoms with Crippen LogP contribution in [-0.2, 0) is 17.7 Å². The molecular weight excluding hydrogens is 310 g/mol. The lowest BCUT2D eigenvalue weighted by molar-refractivity contribution is 0.0232. The first-order valence-electron chi connectivity index (χ1n) is 8.53. The molecular formula is C17H29N3O2S. The van der Waals surface area contributed by atoms with Crippen LogP contribution < -0.4 is 5.32 Å². The first-order valence-corrected chi connectivity index (χ1v) is 9.34. The Labute approximate surface area is 143 Å². The molecule has 1 N–H and O–H groups in total. The SMILES string of the molecule is CCc1ncc(CNCCCN(C(=O)OC(C)(C)C)C2CC2)s1. The van der Waals surface area contributed by atoms with Crippen molar-refractivity contribution in [2.75, 3.05) is 13.1 Å². The third-order valence-electron chi connectivity index (χ3n) is 3.57. The van der Waals surface area contributed by atoms with Crippen molar-refractivity contribution in [3.8, 4) is 0 Å². The second-order valence-electron chi connectivity index (χ2n) is 7.01. The Morgan fingerprint density at radius 3 is 2.78 bits per heavy atom. The Hall–Kier alpha value is -1.14. The van der Waals surface area contributed by atoms with Crippen LogP contribution in [0.5, 0.6) is 0 Å². The van der Waals surface area contributed by atoms with E-state index in [0.29, 0.717) is 6.04 Å². The summed E-state index contributed by atoms with van der Waals surface area (Å²) in [5.41, 5.74) is -0.425. The number of ether oxygens (including phenoxy) is 1. The fourth-order valence-corrected chi connectivity index (χ4v) is 3.14. The number of carbonyl (C=O) groups is 1. The Balaban J connectivity index is 1.67. The largest absolute Gasteiger partial charge is 0.444 e. The summed E-state index contributed by atoms with van der Waals surface area (Å²) in [6, 6.07) is 0.387. The molecule has 1 aliphatic carbocycles. The number of aromatic nitrogens is 1. The number of amides is 1. The fourth-order valence-electron chi connectivity index (χ4n) is 2.31. The van der Waals surface area contributed by atoms with E-state index in [1.165, 1.54) is 9.88 Å². The molecule has 0 saturated heterocycles. The summed E-state index contributed by atoms with van der Waals surface area (Å²) in [6.45, 7) is 10.4. The second-order valence-corrected chi connectivity index (χ2v) is 8.21. The molecule has 2 rings (SSSR count). The van der Waals surface area contributed by atoms with Gasteiger partial charge in [-0.25, -0.2) is 9.78 Å². The first-order chi connectivity index (χ1) is 10.9. The predicted octanol–water partition coefficient (Wildman–Crippen LogP) is 3.58. The highest BCUT2D eigenvalue weighted by molar-refractivity contribution is 7.11. The van der Waals surface area contributed by atoms with E-state index < -0.39 is 5.60 Å². The molecule has 0 spiro atoms. The molecule has 0 aliphatic heterocycles. The first kappa shape index (κ1) is 18.2. The number of nitrogens with zero attached hydrogens (tertiary/aromatic N) is 2. The molecule has 0 aromatic carbocycles. The van der Waals surface area contributed by atoms with Crippen molar-refractivity contribution in [2.24, 2.45) is 0 Å². The van der Waals surface area contributed by atoms with Crippen LogP contribution >= 0.6 is 11.3 Å². The third kappa shape index (κ3) is 6.47. The van der Waals surface area contributed by atoms with Gasteiger partial charge in [0.05, 0.1) is 5.01 Å². The van der Waals surface area contributed by atoms with Gasteiger partial charge in [-0.15, -0.1) is 11.3 Å². The lowest BCUT2D eigenvalue weighted by Crippen LogP contribution is -2.39. The molecule has 0 atom stereocenters. The molecule has 130 valence electrons. The van der Waals surface area contributed by atoms with Crippen molar-refractivity contribution < 1.29 is 9.53 Å². The molecule has 1 heterocycles. The predicted molar refractivity (Wildman–Crippen MR) is 93.8 cm³/mol. The maximum absolute atomic E-state index is 12.2. The molecule has 1 amide bonds. The minimum Gasteiger partial charge on any atom is -0.444 e. The minimum atomic E-state index is -0.425. The summed E-state index contributed by atoms with van der Waals surface area (Å²) in [6.07, 6.45) is 5.93. The van der Waals surface area contributed by atoms with Gasteiger partial charge in [-0.05, 0) is 53.0 Å². The van der Waals surface area contributed by atoms with Crippen LogP contribution in [0.4, 0.5) is 4.79 Å². The lowest BCUT2D eigenvalue weighted by Gasteiger charge is -2.27. The highest BCUT2D eigenvalue weighted by Gasteiger charge is 2.34. The molecule has 1 aromatic rings. The number of hydrogen-bond donors (Lipinski definition) is 1. The van der Waals surface area contributed by atoms with Crippen molar-refractivity contribution in [1.82, 2.24) is 15.2 Å². The molecule has 1 aromatic heterocycles. The highest BCUT2D eigenvalue weighted by atomic mass is 32.1. The molecule has 0 unspecified atom stereocenters. The molecule has 1 saturated carbocycles. The Bertz CT molecular complexity index is 506. The Morgan fingerprint density at radius 1 is 1.48 bits per heavy atom. The second kappa shape index (κ2) is 8.11. The van der Waals surface area contributed by atoms with Crippen LogP contribution in [-0.4, -0.2) is 40.7 Å². The van der Waals surface area contributed by atoms with Crippen LogP contribution in [0, 0.1) is 0 Å². The van der Waals surface area contributed by atoms with Crippen LogP contribution in [0.15, 0.2) is 6.20 Å². The van der Waals surface area contributed by atoms with E-state index in [2.05, 4.69) is 17.2 Å². The summed E-state index contributed by atoms with van der Waals surface area (Å²) in [7, 11) is 0. The maximum Gasteiger partial charge on any atom is 0.410 e. The summed E-state index contributed by atoms with van der Waals surface area (Å²) < 4.78 is 5.50. The number of aryl methyl sites for hydroxylation is 1. The van der Waals surface area contributed by atoms with E-state index in [0.717, 1.165) is 45.3 Å². The molecule has 0 bridgehead atoms. The van der Waals surface area contributed by atoms with E-state index in [9.17, 15) is 4.79 Å². The average Bonchev–Trinajstić information content (AvgIpc) is 3.19. The number of carbonyl (C=O) groups excluding carboxylic acids is 1. The van der Waals surface area contributed by atoms with Gasteiger partial charge in [0.1, 0.15) is 5.60 Å². The minimum absolute atomic E-state index is 0.171. The average molecular weight is 340 g/mol. The topological polar surface area (TPSA) is 54.5 Å². The van der Waals surface area contributed by atoms with Crippen LogP contribution in [0.2, 0.25) is 0 Å². The zero-order chi connectivity index (χ0) is 16.9. The fraction of sp³-hybridized carbons (Fsp3) is 0.765. The Kier molecular flexibility index (Phi) is 6.41. The van der Waals surface area contributed by atoms with E-state index in [-0.39, 0.29) is 6.09 Å². The standard InChI is InChI=1S/C17H29N3O2S/c1-5-15-19-12-14(23-15)11-18-9-6-10-20(13-7-8-13)16(21)22-17(2,3)4/h12-13,18H,5-11H2,1-4H3. The maximum atomic E-state index is 12.2. The van der Waals surface area contributed by atoms with Crippen molar-refractivity contribution in [3.05, 3.63) is 16.1 Å². The van der Waals surface area contributed by atoms with Gasteiger partial charge < -0.3 is 15.0 Å². The van der Waals surface area contributed by atoms with Gasteiger partial charge in [0, 0.05) is 30.2 Å². The van der Waals surface area contributed by atoms with Crippen molar-refractivity contribution in [3.63, 3.8) is 0 Å². The Morgan fingerprint density at radius 2 is 2.22 bits per heavy atom. The normalized spacial score (nSPS) is 14.8. The smallest absolute Gasteiger partial charge is 0.410 e. The van der Waals surface area contributed by atoms with Gasteiger partial charge in [0.15, 0.2) is 0 Å². The van der Waals surface area contributed by atoms with Gasteiger partial charge >= 0.3 is 6.09 Å². The molecule has 0 radical (unpaired) electrons. The summed E-state index contributed by atoms with van der Waals surface area (Å²) in [5, 5.41) is 4.62.